The second-order valence-electron chi connectivity index (χ2n) is 5.83. The molecule has 0 bridgehead atoms. The number of hydrogen-bond acceptors (Lipinski definition) is 3. The fourth-order valence-electron chi connectivity index (χ4n) is 3.08. The number of nitrogens with zero attached hydrogens (tertiary/aromatic N) is 2. The van der Waals surface area contributed by atoms with Crippen molar-refractivity contribution >= 4 is 22.5 Å². The fraction of sp³-hybridized carbons (Fsp3) is 0.312. The number of rotatable bonds is 2. The molecular weight excluding hydrogens is 339 g/mol. The Hall–Kier alpha value is -2.22. The molecule has 1 heterocycles. The number of allylic oxidation sites excluding steroid dienone is 2. The molecule has 1 unspecified atom stereocenters. The number of hydrogen-bond donors (Lipinski definition) is 1. The molecule has 8 heteroatoms. The second kappa shape index (κ2) is 5.70. The van der Waals surface area contributed by atoms with Crippen molar-refractivity contribution in [3.05, 3.63) is 52.9 Å². The van der Waals surface area contributed by atoms with Crippen LogP contribution in [0.1, 0.15) is 26.1 Å². The van der Waals surface area contributed by atoms with Gasteiger partial charge in [-0.05, 0) is 31.6 Å². The van der Waals surface area contributed by atoms with Crippen LogP contribution < -0.4 is 0 Å². The Morgan fingerprint density at radius 2 is 2.00 bits per heavy atom. The molecule has 2 aromatic rings. The summed E-state index contributed by atoms with van der Waals surface area (Å²) in [5.41, 5.74) is -0.452. The quantitative estimate of drug-likeness (QED) is 0.871. The maximum atomic E-state index is 13.4. The predicted octanol–water partition coefficient (Wildman–Crippen LogP) is 4.38. The number of H-pyrrole nitrogens is 1. The first-order valence-corrected chi connectivity index (χ1v) is 7.90. The average molecular weight is 353 g/mol. The zero-order chi connectivity index (χ0) is 17.5. The van der Waals surface area contributed by atoms with Gasteiger partial charge < -0.3 is 4.98 Å². The molecular formula is C16H14F3N3OS. The van der Waals surface area contributed by atoms with Gasteiger partial charge in [0.1, 0.15) is 5.82 Å². The van der Waals surface area contributed by atoms with Crippen LogP contribution in [-0.2, 0) is 17.0 Å². The van der Waals surface area contributed by atoms with E-state index in [4.69, 9.17) is 0 Å². The molecule has 1 N–H and O–H groups in total. The number of halogens is 3. The van der Waals surface area contributed by atoms with Gasteiger partial charge in [0.25, 0.3) is 0 Å². The summed E-state index contributed by atoms with van der Waals surface area (Å²) in [6, 6.07) is 7.11. The SMILES string of the molecule is CC1=CC(C(F)(F)F)=C(C)C(N=S=O)(c2nc3ccccc3[nH]2)C1. The van der Waals surface area contributed by atoms with E-state index in [9.17, 15) is 17.4 Å². The van der Waals surface area contributed by atoms with Gasteiger partial charge in [0.15, 0.2) is 5.54 Å². The molecule has 0 amide bonds. The number of fused-ring (bicyclic) bond motifs is 1. The molecule has 1 aromatic carbocycles. The van der Waals surface area contributed by atoms with Crippen LogP contribution in [0.3, 0.4) is 0 Å². The van der Waals surface area contributed by atoms with Gasteiger partial charge in [-0.3, -0.25) is 0 Å². The Morgan fingerprint density at radius 1 is 1.29 bits per heavy atom. The smallest absolute Gasteiger partial charge is 0.340 e. The average Bonchev–Trinajstić information content (AvgIpc) is 2.94. The summed E-state index contributed by atoms with van der Waals surface area (Å²) in [6.45, 7) is 2.96. The van der Waals surface area contributed by atoms with Crippen LogP contribution in [-0.4, -0.2) is 20.4 Å². The molecule has 1 aliphatic carbocycles. The Labute approximate surface area is 139 Å². The first-order chi connectivity index (χ1) is 11.3. The van der Waals surface area contributed by atoms with E-state index >= 15 is 0 Å². The molecule has 3 rings (SSSR count). The summed E-state index contributed by atoms with van der Waals surface area (Å²) in [6.07, 6.45) is -3.24. The molecule has 126 valence electrons. The van der Waals surface area contributed by atoms with E-state index in [1.165, 1.54) is 6.92 Å². The first kappa shape index (κ1) is 16.6. The molecule has 1 aromatic heterocycles. The van der Waals surface area contributed by atoms with Gasteiger partial charge in [-0.15, -0.1) is 0 Å². The topological polar surface area (TPSA) is 58.1 Å². The van der Waals surface area contributed by atoms with Crippen molar-refractivity contribution < 1.29 is 17.4 Å². The Bertz CT molecular complexity index is 889. The lowest BCUT2D eigenvalue weighted by atomic mass is 9.77. The number of benzene rings is 1. The monoisotopic (exact) mass is 353 g/mol. The first-order valence-electron chi connectivity index (χ1n) is 7.20. The number of nitrogens with one attached hydrogen (secondary N) is 1. The van der Waals surface area contributed by atoms with Crippen LogP contribution in [0, 0.1) is 0 Å². The Balaban J connectivity index is 2.31. The maximum absolute atomic E-state index is 13.4. The predicted molar refractivity (Wildman–Crippen MR) is 85.5 cm³/mol. The maximum Gasteiger partial charge on any atom is 0.416 e. The molecule has 24 heavy (non-hydrogen) atoms. The highest BCUT2D eigenvalue weighted by Gasteiger charge is 2.47. The number of alkyl halides is 3. The van der Waals surface area contributed by atoms with E-state index in [1.807, 2.05) is 0 Å². The van der Waals surface area contributed by atoms with E-state index in [-0.39, 0.29) is 29.3 Å². The minimum atomic E-state index is -4.52. The molecule has 0 saturated heterocycles. The van der Waals surface area contributed by atoms with Crippen molar-refractivity contribution in [3.63, 3.8) is 0 Å². The highest BCUT2D eigenvalue weighted by molar-refractivity contribution is 7.54. The van der Waals surface area contributed by atoms with Gasteiger partial charge in [0, 0.05) is 6.42 Å². The molecule has 0 spiro atoms. The zero-order valence-electron chi connectivity index (χ0n) is 12.9. The summed E-state index contributed by atoms with van der Waals surface area (Å²) in [5.74, 6) is 0.249. The highest BCUT2D eigenvalue weighted by Crippen LogP contribution is 2.47. The summed E-state index contributed by atoms with van der Waals surface area (Å²) in [7, 11) is 0. The van der Waals surface area contributed by atoms with Crippen LogP contribution in [0.4, 0.5) is 13.2 Å². The molecule has 1 aliphatic rings. The third-order valence-electron chi connectivity index (χ3n) is 4.23. The van der Waals surface area contributed by atoms with Gasteiger partial charge in [-0.25, -0.2) is 4.98 Å². The number of aromatic nitrogens is 2. The zero-order valence-corrected chi connectivity index (χ0v) is 13.8. The highest BCUT2D eigenvalue weighted by atomic mass is 32.1. The van der Waals surface area contributed by atoms with Crippen molar-refractivity contribution in [2.45, 2.75) is 32.0 Å². The van der Waals surface area contributed by atoms with Gasteiger partial charge in [-0.1, -0.05) is 23.8 Å². The minimum absolute atomic E-state index is 0.0250. The van der Waals surface area contributed by atoms with Gasteiger partial charge in [0.2, 0.25) is 11.5 Å². The van der Waals surface area contributed by atoms with E-state index in [0.29, 0.717) is 16.6 Å². The lowest BCUT2D eigenvalue weighted by molar-refractivity contribution is -0.0900. The van der Waals surface area contributed by atoms with E-state index in [0.717, 1.165) is 6.08 Å². The van der Waals surface area contributed by atoms with Crippen LogP contribution in [0.15, 0.2) is 51.4 Å². The normalized spacial score (nSPS) is 21.8. The number of aromatic amines is 1. The lowest BCUT2D eigenvalue weighted by Gasteiger charge is -2.33. The van der Waals surface area contributed by atoms with Crippen molar-refractivity contribution in [3.8, 4) is 0 Å². The molecule has 0 radical (unpaired) electrons. The Morgan fingerprint density at radius 3 is 2.62 bits per heavy atom. The van der Waals surface area contributed by atoms with E-state index < -0.39 is 17.3 Å². The molecule has 0 fully saturated rings. The molecule has 0 aliphatic heterocycles. The third-order valence-corrected chi connectivity index (χ3v) is 4.62. The van der Waals surface area contributed by atoms with Gasteiger partial charge in [-0.2, -0.15) is 21.7 Å². The second-order valence-corrected chi connectivity index (χ2v) is 6.16. The van der Waals surface area contributed by atoms with Crippen LogP contribution >= 0.6 is 0 Å². The van der Waals surface area contributed by atoms with E-state index in [2.05, 4.69) is 14.3 Å². The summed E-state index contributed by atoms with van der Waals surface area (Å²) in [5, 5.41) is 0. The van der Waals surface area contributed by atoms with Crippen molar-refractivity contribution in [2.75, 3.05) is 0 Å². The number of imidazole rings is 1. The van der Waals surface area contributed by atoms with Crippen LogP contribution in [0.2, 0.25) is 0 Å². The number of para-hydroxylation sites is 2. The summed E-state index contributed by atoms with van der Waals surface area (Å²) in [4.78, 5) is 7.43. The van der Waals surface area contributed by atoms with Crippen molar-refractivity contribution in [2.24, 2.45) is 4.36 Å². The lowest BCUT2D eigenvalue weighted by Crippen LogP contribution is -2.33. The van der Waals surface area contributed by atoms with Crippen molar-refractivity contribution in [1.82, 2.24) is 9.97 Å². The van der Waals surface area contributed by atoms with Gasteiger partial charge in [0.05, 0.1) is 16.6 Å². The molecule has 4 nitrogen and oxygen atoms in total. The Kier molecular flexibility index (Phi) is 3.95. The standard InChI is InChI=1S/C16H14F3N3OS/c1-9-7-11(16(17,18)19)10(2)15(8-9,22-24-23)14-20-12-5-3-4-6-13(12)21-14/h3-7H,8H2,1-2H3,(H,20,21). The van der Waals surface area contributed by atoms with Crippen LogP contribution in [0.5, 0.6) is 0 Å². The summed E-state index contributed by atoms with van der Waals surface area (Å²) >= 11 is -0.0835. The molecule has 0 saturated carbocycles. The minimum Gasteiger partial charge on any atom is -0.340 e. The van der Waals surface area contributed by atoms with Crippen molar-refractivity contribution in [1.29, 1.82) is 0 Å². The van der Waals surface area contributed by atoms with Gasteiger partial charge >= 0.3 is 6.18 Å². The summed E-state index contributed by atoms with van der Waals surface area (Å²) < 4.78 is 55.4. The largest absolute Gasteiger partial charge is 0.416 e. The third kappa shape index (κ3) is 2.60. The van der Waals surface area contributed by atoms with E-state index in [1.54, 1.807) is 31.2 Å². The van der Waals surface area contributed by atoms with Crippen LogP contribution in [0.25, 0.3) is 11.0 Å². The molecule has 1 atom stereocenters. The fourth-order valence-corrected chi connectivity index (χ4v) is 3.49.